The Balaban J connectivity index is 1.13. The van der Waals surface area contributed by atoms with Gasteiger partial charge >= 0.3 is 0 Å². The molecule has 2 heteroatoms. The van der Waals surface area contributed by atoms with Crippen LogP contribution in [-0.2, 0) is 5.41 Å². The predicted octanol–water partition coefficient (Wildman–Crippen LogP) is 12.1. The summed E-state index contributed by atoms with van der Waals surface area (Å²) >= 11 is 0. The van der Waals surface area contributed by atoms with Crippen LogP contribution in [0.25, 0.3) is 60.2 Å². The molecule has 2 heterocycles. The van der Waals surface area contributed by atoms with Gasteiger partial charge in [-0.2, -0.15) is 0 Å². The molecule has 4 aliphatic carbocycles. The fourth-order valence-electron chi connectivity index (χ4n) is 10.5. The van der Waals surface area contributed by atoms with Gasteiger partial charge in [0.05, 0.1) is 11.0 Å². The molecule has 1 fully saturated rings. The van der Waals surface area contributed by atoms with Crippen LogP contribution in [0.5, 0.6) is 0 Å². The van der Waals surface area contributed by atoms with Crippen LogP contribution in [0.2, 0.25) is 0 Å². The Hall–Kier alpha value is -5.47. The zero-order valence-electron chi connectivity index (χ0n) is 29.5. The molecule has 2 nitrogen and oxygen atoms in total. The van der Waals surface area contributed by atoms with Gasteiger partial charge in [-0.1, -0.05) is 124 Å². The molecule has 246 valence electrons. The van der Waals surface area contributed by atoms with Gasteiger partial charge in [-0.05, 0) is 105 Å². The van der Waals surface area contributed by atoms with Crippen molar-refractivity contribution in [2.75, 3.05) is 0 Å². The highest BCUT2D eigenvalue weighted by Gasteiger charge is 2.45. The Morgan fingerprint density at radius 3 is 2.29 bits per heavy atom. The first-order valence-electron chi connectivity index (χ1n) is 18.5. The molecular weight excluding hydrogens is 619 g/mol. The van der Waals surface area contributed by atoms with Gasteiger partial charge in [0.15, 0.2) is 0 Å². The van der Waals surface area contributed by atoms with Gasteiger partial charge in [0.25, 0.3) is 5.56 Å². The van der Waals surface area contributed by atoms with Crippen molar-refractivity contribution >= 4 is 38.0 Å². The van der Waals surface area contributed by atoms with E-state index in [4.69, 9.17) is 0 Å². The average molecular weight is 658 g/mol. The lowest BCUT2D eigenvalue weighted by atomic mass is 9.77. The van der Waals surface area contributed by atoms with E-state index >= 15 is 0 Å². The molecule has 0 amide bonds. The summed E-state index contributed by atoms with van der Waals surface area (Å²) in [4.78, 5) is 14.3. The molecule has 0 spiro atoms. The monoisotopic (exact) mass is 657 g/mol. The number of aromatic nitrogens is 1. The third-order valence-electron chi connectivity index (χ3n) is 13.1. The van der Waals surface area contributed by atoms with Gasteiger partial charge < -0.3 is 0 Å². The van der Waals surface area contributed by atoms with E-state index in [0.717, 1.165) is 50.8 Å². The van der Waals surface area contributed by atoms with Gasteiger partial charge in [0.1, 0.15) is 0 Å². The second kappa shape index (κ2) is 9.86. The molecule has 0 bridgehead atoms. The van der Waals surface area contributed by atoms with Gasteiger partial charge in [0.2, 0.25) is 0 Å². The predicted molar refractivity (Wildman–Crippen MR) is 213 cm³/mol. The van der Waals surface area contributed by atoms with Crippen LogP contribution in [0, 0.1) is 11.3 Å². The summed E-state index contributed by atoms with van der Waals surface area (Å²) in [5, 5.41) is 5.21. The molecule has 0 radical (unpaired) electrons. The third-order valence-corrected chi connectivity index (χ3v) is 13.1. The highest BCUT2D eigenvalue weighted by molar-refractivity contribution is 6.21. The van der Waals surface area contributed by atoms with Gasteiger partial charge in [-0.3, -0.25) is 9.20 Å². The Bertz CT molecular complexity index is 2890. The molecule has 0 N–H and O–H groups in total. The lowest BCUT2D eigenvalue weighted by Gasteiger charge is -2.27. The Labute approximate surface area is 298 Å². The molecule has 0 saturated heterocycles. The summed E-state index contributed by atoms with van der Waals surface area (Å²) in [6.45, 7) is 9.49. The van der Waals surface area contributed by atoms with Gasteiger partial charge in [-0.15, -0.1) is 0 Å². The number of benzene rings is 5. The molecule has 5 aromatic carbocycles. The number of pyridine rings is 1. The lowest BCUT2D eigenvalue weighted by molar-refractivity contribution is 0.541. The van der Waals surface area contributed by atoms with Crippen molar-refractivity contribution in [2.24, 2.45) is 11.3 Å². The van der Waals surface area contributed by atoms with E-state index < -0.39 is 0 Å². The summed E-state index contributed by atoms with van der Waals surface area (Å²) < 4.78 is 1.99. The van der Waals surface area contributed by atoms with Crippen LogP contribution < -0.4 is 5.56 Å². The van der Waals surface area contributed by atoms with Gasteiger partial charge in [0, 0.05) is 44.2 Å². The lowest BCUT2D eigenvalue weighted by Crippen LogP contribution is -2.14. The molecule has 4 aliphatic rings. The van der Waals surface area contributed by atoms with Gasteiger partial charge in [-0.25, -0.2) is 0 Å². The molecule has 11 rings (SSSR count). The van der Waals surface area contributed by atoms with Crippen molar-refractivity contribution < 1.29 is 0 Å². The number of allylic oxidation sites excluding steroid dienone is 8. The van der Waals surface area contributed by atoms with Crippen molar-refractivity contribution in [3.8, 4) is 22.3 Å². The fraction of sp³-hybridized carbons (Fsp3) is 0.204. The van der Waals surface area contributed by atoms with Crippen LogP contribution >= 0.6 is 0 Å². The minimum atomic E-state index is -0.0776. The first-order valence-corrected chi connectivity index (χ1v) is 18.5. The van der Waals surface area contributed by atoms with E-state index in [-0.39, 0.29) is 16.4 Å². The van der Waals surface area contributed by atoms with Crippen LogP contribution in [0.15, 0.2) is 149 Å². The number of hydrogen-bond acceptors (Lipinski definition) is 1. The quantitative estimate of drug-likeness (QED) is 0.170. The fourth-order valence-corrected chi connectivity index (χ4v) is 10.5. The molecule has 2 unspecified atom stereocenters. The zero-order valence-corrected chi connectivity index (χ0v) is 29.5. The maximum atomic E-state index is 14.3. The van der Waals surface area contributed by atoms with Crippen molar-refractivity contribution in [1.29, 1.82) is 0 Å². The molecule has 51 heavy (non-hydrogen) atoms. The zero-order chi connectivity index (χ0) is 34.4. The topological polar surface area (TPSA) is 21.5 Å². The van der Waals surface area contributed by atoms with Crippen LogP contribution in [0.4, 0.5) is 0 Å². The smallest absolute Gasteiger partial charge is 0.263 e. The maximum absolute atomic E-state index is 14.3. The first-order chi connectivity index (χ1) is 24.7. The summed E-state index contributed by atoms with van der Waals surface area (Å²) in [5.74, 6) is 0.809. The van der Waals surface area contributed by atoms with Crippen molar-refractivity contribution in [2.45, 2.75) is 51.9 Å². The maximum Gasteiger partial charge on any atom is 0.263 e. The highest BCUT2D eigenvalue weighted by Crippen LogP contribution is 2.58. The molecule has 2 atom stereocenters. The van der Waals surface area contributed by atoms with E-state index in [1.165, 1.54) is 50.1 Å². The van der Waals surface area contributed by atoms with Crippen molar-refractivity contribution in [3.05, 3.63) is 171 Å². The summed E-state index contributed by atoms with van der Waals surface area (Å²) in [6, 6.07) is 35.5. The first kappa shape index (κ1) is 29.3. The summed E-state index contributed by atoms with van der Waals surface area (Å²) in [7, 11) is 0. The van der Waals surface area contributed by atoms with E-state index in [1.807, 2.05) is 16.5 Å². The molecule has 1 saturated carbocycles. The number of nitrogens with zero attached hydrogens (tertiary/aromatic N) is 1. The average Bonchev–Trinajstić information content (AvgIpc) is 3.70. The molecule has 2 aromatic heterocycles. The number of fused-ring (bicyclic) bond motifs is 11. The number of rotatable bonds is 2. The largest absolute Gasteiger partial charge is 0.275 e. The van der Waals surface area contributed by atoms with E-state index in [2.05, 4.69) is 143 Å². The summed E-state index contributed by atoms with van der Waals surface area (Å²) in [6.07, 6.45) is 14.1. The van der Waals surface area contributed by atoms with E-state index in [9.17, 15) is 4.79 Å². The normalized spacial score (nSPS) is 21.1. The van der Waals surface area contributed by atoms with Crippen molar-refractivity contribution in [3.63, 3.8) is 0 Å². The van der Waals surface area contributed by atoms with Crippen molar-refractivity contribution in [1.82, 2.24) is 4.40 Å². The second-order valence-electron chi connectivity index (χ2n) is 16.4. The minimum absolute atomic E-state index is 0.0343. The van der Waals surface area contributed by atoms with E-state index in [0.29, 0.717) is 11.8 Å². The Kier molecular flexibility index (Phi) is 5.66. The Morgan fingerprint density at radius 2 is 1.43 bits per heavy atom. The molecular formula is C49H39NO. The summed E-state index contributed by atoms with van der Waals surface area (Å²) in [5.41, 5.74) is 15.7. The second-order valence-corrected chi connectivity index (χ2v) is 16.4. The van der Waals surface area contributed by atoms with Crippen LogP contribution in [0.3, 0.4) is 0 Å². The standard InChI is InChI=1S/C49H39NO/c1-48(2)41-15-9-7-12-33(41)35-20-17-29(26-43(35)48)28-19-22-45-38(23-28)40-25-31(24-39-32-11-5-6-14-37(32)47(51)50(45)46(39)40)30-18-21-36-34-13-8-10-16-42(34)49(3,4)44(36)27-30/h5-11,13-16,18-27,29,33H,12,17H2,1-4H3. The Morgan fingerprint density at radius 1 is 0.667 bits per heavy atom. The molecule has 0 aliphatic heterocycles. The number of hydrogen-bond donors (Lipinski definition) is 0. The molecule has 7 aromatic rings. The third kappa shape index (κ3) is 3.75. The van der Waals surface area contributed by atoms with Crippen LogP contribution in [-0.4, -0.2) is 4.40 Å². The highest BCUT2D eigenvalue weighted by atomic mass is 16.1. The van der Waals surface area contributed by atoms with E-state index in [1.54, 1.807) is 5.57 Å². The SMILES string of the molecule is CC1(C)C2=CC(c3ccc4c(c3)c3cc(-c5ccc6c(c5)C(C)(C)c5ccccc5-6)cc5c6ccccc6c(=O)n4c53)CC=C2C2CC=CC=C21. The minimum Gasteiger partial charge on any atom is -0.275 e. The van der Waals surface area contributed by atoms with Crippen LogP contribution in [0.1, 0.15) is 63.1 Å².